The lowest BCUT2D eigenvalue weighted by Gasteiger charge is -1.98. The van der Waals surface area contributed by atoms with Gasteiger partial charge in [0.05, 0.1) is 5.56 Å². The third-order valence-electron chi connectivity index (χ3n) is 1.17. The van der Waals surface area contributed by atoms with Crippen molar-refractivity contribution in [1.82, 2.24) is 4.98 Å². The highest BCUT2D eigenvalue weighted by atomic mass is 15.0. The number of anilines is 1. The summed E-state index contributed by atoms with van der Waals surface area (Å²) in [5.41, 5.74) is 0.521. The highest BCUT2D eigenvalue weighted by Crippen LogP contribution is 2.08. The average molecular weight is 145 g/mol. The highest BCUT2D eigenvalue weighted by molar-refractivity contribution is 5.52. The van der Waals surface area contributed by atoms with Crippen LogP contribution in [0, 0.1) is 11.3 Å². The second-order valence-corrected chi connectivity index (χ2v) is 1.86. The number of rotatable bonds is 2. The van der Waals surface area contributed by atoms with Crippen molar-refractivity contribution < 1.29 is 0 Å². The maximum Gasteiger partial charge on any atom is 0.147 e. The first kappa shape index (κ1) is 7.29. The van der Waals surface area contributed by atoms with E-state index < -0.39 is 0 Å². The Morgan fingerprint density at radius 2 is 2.55 bits per heavy atom. The number of nitrogens with zero attached hydrogens (tertiary/aromatic N) is 2. The summed E-state index contributed by atoms with van der Waals surface area (Å²) in [6.07, 6.45) is 3.11. The second kappa shape index (κ2) is 3.37. The molecule has 0 aliphatic rings. The molecule has 0 aliphatic heterocycles. The molecule has 11 heavy (non-hydrogen) atoms. The highest BCUT2D eigenvalue weighted by Gasteiger charge is 1.97. The fourth-order valence-corrected chi connectivity index (χ4v) is 0.707. The SMILES string of the molecule is C=CNc1ncccc1C#N. The predicted octanol–water partition coefficient (Wildman–Crippen LogP) is 1.51. The Morgan fingerprint density at radius 3 is 3.18 bits per heavy atom. The quantitative estimate of drug-likeness (QED) is 0.686. The molecule has 1 N–H and O–H groups in total. The van der Waals surface area contributed by atoms with E-state index in [-0.39, 0.29) is 0 Å². The molecule has 0 amide bonds. The van der Waals surface area contributed by atoms with Crippen LogP contribution in [0.4, 0.5) is 5.82 Å². The van der Waals surface area contributed by atoms with Crippen LogP contribution in [0.3, 0.4) is 0 Å². The molecule has 0 spiro atoms. The lowest BCUT2D eigenvalue weighted by atomic mass is 10.3. The maximum atomic E-state index is 8.58. The first-order chi connectivity index (χ1) is 5.38. The molecule has 3 heteroatoms. The predicted molar refractivity (Wildman–Crippen MR) is 42.8 cm³/mol. The molecule has 0 unspecified atom stereocenters. The van der Waals surface area contributed by atoms with Crippen LogP contribution in [0.25, 0.3) is 0 Å². The zero-order chi connectivity index (χ0) is 8.10. The molecule has 54 valence electrons. The van der Waals surface area contributed by atoms with Crippen molar-refractivity contribution in [2.75, 3.05) is 5.32 Å². The Hall–Kier alpha value is -1.82. The first-order valence-corrected chi connectivity index (χ1v) is 3.11. The number of nitriles is 1. The third-order valence-corrected chi connectivity index (χ3v) is 1.17. The molecule has 1 aromatic rings. The van der Waals surface area contributed by atoms with E-state index in [1.54, 1.807) is 18.3 Å². The number of hydrogen-bond donors (Lipinski definition) is 1. The van der Waals surface area contributed by atoms with Crippen LogP contribution in [-0.4, -0.2) is 4.98 Å². The zero-order valence-electron chi connectivity index (χ0n) is 5.91. The molecule has 0 saturated heterocycles. The van der Waals surface area contributed by atoms with Crippen molar-refractivity contribution >= 4 is 5.82 Å². The minimum Gasteiger partial charge on any atom is -0.346 e. The molecule has 0 saturated carbocycles. The van der Waals surface area contributed by atoms with E-state index in [9.17, 15) is 0 Å². The van der Waals surface area contributed by atoms with Gasteiger partial charge in [0.1, 0.15) is 11.9 Å². The fourth-order valence-electron chi connectivity index (χ4n) is 0.707. The largest absolute Gasteiger partial charge is 0.346 e. The molecule has 0 aliphatic carbocycles. The van der Waals surface area contributed by atoms with E-state index >= 15 is 0 Å². The van der Waals surface area contributed by atoms with Crippen molar-refractivity contribution in [1.29, 1.82) is 5.26 Å². The summed E-state index contributed by atoms with van der Waals surface area (Å²) in [6, 6.07) is 5.42. The lowest BCUT2D eigenvalue weighted by molar-refractivity contribution is 1.29. The van der Waals surface area contributed by atoms with Crippen molar-refractivity contribution in [3.8, 4) is 6.07 Å². The van der Waals surface area contributed by atoms with Crippen LogP contribution in [0.1, 0.15) is 5.56 Å². The van der Waals surface area contributed by atoms with E-state index in [0.717, 1.165) is 0 Å². The molecule has 3 nitrogen and oxygen atoms in total. The Labute approximate surface area is 65.0 Å². The van der Waals surface area contributed by atoms with Crippen LogP contribution in [0.2, 0.25) is 0 Å². The van der Waals surface area contributed by atoms with Crippen molar-refractivity contribution in [3.63, 3.8) is 0 Å². The Kier molecular flexibility index (Phi) is 2.24. The van der Waals surface area contributed by atoms with Crippen LogP contribution in [-0.2, 0) is 0 Å². The second-order valence-electron chi connectivity index (χ2n) is 1.86. The summed E-state index contributed by atoms with van der Waals surface area (Å²) in [7, 11) is 0. The van der Waals surface area contributed by atoms with Crippen LogP contribution >= 0.6 is 0 Å². The average Bonchev–Trinajstić information content (AvgIpc) is 2.06. The normalized spacial score (nSPS) is 8.27. The maximum absolute atomic E-state index is 8.58. The summed E-state index contributed by atoms with van der Waals surface area (Å²) >= 11 is 0. The lowest BCUT2D eigenvalue weighted by Crippen LogP contribution is -1.92. The summed E-state index contributed by atoms with van der Waals surface area (Å²) in [5.74, 6) is 0.546. The molecule has 1 rings (SSSR count). The van der Waals surface area contributed by atoms with Gasteiger partial charge in [0, 0.05) is 6.20 Å². The van der Waals surface area contributed by atoms with E-state index in [0.29, 0.717) is 11.4 Å². The van der Waals surface area contributed by atoms with Crippen molar-refractivity contribution in [3.05, 3.63) is 36.7 Å². The summed E-state index contributed by atoms with van der Waals surface area (Å²) < 4.78 is 0. The molecule has 0 bridgehead atoms. The van der Waals surface area contributed by atoms with Gasteiger partial charge in [-0.25, -0.2) is 4.98 Å². The first-order valence-electron chi connectivity index (χ1n) is 3.11. The summed E-state index contributed by atoms with van der Waals surface area (Å²) in [4.78, 5) is 3.93. The minimum atomic E-state index is 0.521. The fraction of sp³-hybridized carbons (Fsp3) is 0. The van der Waals surface area contributed by atoms with E-state index in [1.165, 1.54) is 6.20 Å². The smallest absolute Gasteiger partial charge is 0.147 e. The van der Waals surface area contributed by atoms with Gasteiger partial charge in [0.2, 0.25) is 0 Å². The molecule has 1 aromatic heterocycles. The topological polar surface area (TPSA) is 48.7 Å². The summed E-state index contributed by atoms with van der Waals surface area (Å²) in [5, 5.41) is 11.3. The van der Waals surface area contributed by atoms with E-state index in [4.69, 9.17) is 5.26 Å². The van der Waals surface area contributed by atoms with E-state index in [2.05, 4.69) is 16.9 Å². The van der Waals surface area contributed by atoms with Gasteiger partial charge in [-0.15, -0.1) is 0 Å². The zero-order valence-corrected chi connectivity index (χ0v) is 5.91. The van der Waals surface area contributed by atoms with Crippen molar-refractivity contribution in [2.24, 2.45) is 0 Å². The van der Waals surface area contributed by atoms with Gasteiger partial charge < -0.3 is 5.32 Å². The van der Waals surface area contributed by atoms with Gasteiger partial charge in [0.15, 0.2) is 0 Å². The standard InChI is InChI=1S/C8H7N3/c1-2-10-8-7(6-9)4-3-5-11-8/h2-5H,1H2,(H,10,11). The van der Waals surface area contributed by atoms with Gasteiger partial charge in [-0.3, -0.25) is 0 Å². The monoisotopic (exact) mass is 145 g/mol. The van der Waals surface area contributed by atoms with Gasteiger partial charge >= 0.3 is 0 Å². The van der Waals surface area contributed by atoms with E-state index in [1.807, 2.05) is 6.07 Å². The molecule has 0 radical (unpaired) electrons. The third kappa shape index (κ3) is 1.55. The van der Waals surface area contributed by atoms with Crippen molar-refractivity contribution in [2.45, 2.75) is 0 Å². The Balaban J connectivity index is 3.04. The molecule has 1 heterocycles. The molecular weight excluding hydrogens is 138 g/mol. The van der Waals surface area contributed by atoms with Crippen LogP contribution in [0.5, 0.6) is 0 Å². The van der Waals surface area contributed by atoms with Crippen LogP contribution < -0.4 is 5.32 Å². The number of nitrogens with one attached hydrogen (secondary N) is 1. The molecule has 0 atom stereocenters. The number of hydrogen-bond acceptors (Lipinski definition) is 3. The minimum absolute atomic E-state index is 0.521. The Morgan fingerprint density at radius 1 is 1.73 bits per heavy atom. The van der Waals surface area contributed by atoms with Crippen LogP contribution in [0.15, 0.2) is 31.1 Å². The summed E-state index contributed by atoms with van der Waals surface area (Å²) in [6.45, 7) is 3.47. The molecule has 0 fully saturated rings. The molecular formula is C8H7N3. The van der Waals surface area contributed by atoms with Gasteiger partial charge in [-0.05, 0) is 18.3 Å². The van der Waals surface area contributed by atoms with Gasteiger partial charge in [-0.2, -0.15) is 5.26 Å². The van der Waals surface area contributed by atoms with Gasteiger partial charge in [0.25, 0.3) is 0 Å². The number of pyridine rings is 1. The Bertz CT molecular complexity index is 298. The van der Waals surface area contributed by atoms with Gasteiger partial charge in [-0.1, -0.05) is 6.58 Å². The molecule has 0 aromatic carbocycles. The number of aromatic nitrogens is 1.